The predicted molar refractivity (Wildman–Crippen MR) is 125 cm³/mol. The topological polar surface area (TPSA) is 91.8 Å². The molecule has 33 heavy (non-hydrogen) atoms. The van der Waals surface area contributed by atoms with Crippen LogP contribution in [0.4, 0.5) is 5.69 Å². The van der Waals surface area contributed by atoms with Crippen molar-refractivity contribution in [2.45, 2.75) is 32.8 Å². The number of benzene rings is 3. The quantitative estimate of drug-likeness (QED) is 0.253. The van der Waals surface area contributed by atoms with E-state index < -0.39 is 4.92 Å². The first-order valence-corrected chi connectivity index (χ1v) is 10.4. The van der Waals surface area contributed by atoms with Gasteiger partial charge in [0.1, 0.15) is 30.0 Å². The Balaban J connectivity index is 1.49. The van der Waals surface area contributed by atoms with E-state index in [1.54, 1.807) is 30.3 Å². The normalized spacial score (nSPS) is 11.4. The van der Waals surface area contributed by atoms with Crippen molar-refractivity contribution in [3.05, 3.63) is 104 Å². The third-order valence-electron chi connectivity index (χ3n) is 5.22. The van der Waals surface area contributed by atoms with Crippen LogP contribution in [0.15, 0.2) is 82.2 Å². The largest absolute Gasteiger partial charge is 0.489 e. The van der Waals surface area contributed by atoms with Crippen molar-refractivity contribution in [3.63, 3.8) is 0 Å². The molecule has 0 saturated carbocycles. The molecule has 0 aliphatic carbocycles. The maximum absolute atomic E-state index is 12.9. The van der Waals surface area contributed by atoms with Gasteiger partial charge in [-0.05, 0) is 52.9 Å². The average Bonchev–Trinajstić information content (AvgIpc) is 2.79. The zero-order chi connectivity index (χ0) is 23.6. The molecule has 0 unspecified atom stereocenters. The maximum Gasteiger partial charge on any atom is 0.269 e. The molecule has 0 saturated heterocycles. The van der Waals surface area contributed by atoms with Gasteiger partial charge >= 0.3 is 0 Å². The number of fused-ring (bicyclic) bond motifs is 1. The molecule has 168 valence electrons. The monoisotopic (exact) mass is 445 g/mol. The van der Waals surface area contributed by atoms with Gasteiger partial charge in [-0.2, -0.15) is 0 Å². The molecule has 0 radical (unpaired) electrons. The minimum absolute atomic E-state index is 0.0226. The molecule has 7 heteroatoms. The number of non-ortho nitro benzene ring substituents is 1. The molecule has 3 aromatic carbocycles. The highest BCUT2D eigenvalue weighted by Gasteiger charge is 2.14. The summed E-state index contributed by atoms with van der Waals surface area (Å²) < 4.78 is 17.1. The molecule has 4 aromatic rings. The van der Waals surface area contributed by atoms with E-state index in [1.807, 2.05) is 24.3 Å². The van der Waals surface area contributed by atoms with E-state index in [0.29, 0.717) is 22.5 Å². The molecule has 7 nitrogen and oxygen atoms in total. The lowest BCUT2D eigenvalue weighted by Crippen LogP contribution is -2.10. The first-order valence-electron chi connectivity index (χ1n) is 10.4. The van der Waals surface area contributed by atoms with Crippen LogP contribution in [0.25, 0.3) is 11.0 Å². The average molecular weight is 445 g/mol. The summed E-state index contributed by atoms with van der Waals surface area (Å²) in [6.07, 6.45) is 1.29. The minimum atomic E-state index is -0.450. The molecule has 1 heterocycles. The predicted octanol–water partition coefficient (Wildman–Crippen LogP) is 6.37. The molecule has 0 bridgehead atoms. The van der Waals surface area contributed by atoms with Gasteiger partial charge in [-0.3, -0.25) is 14.9 Å². The Morgan fingerprint density at radius 2 is 1.61 bits per heavy atom. The fourth-order valence-electron chi connectivity index (χ4n) is 3.28. The van der Waals surface area contributed by atoms with E-state index in [-0.39, 0.29) is 28.9 Å². The highest BCUT2D eigenvalue weighted by atomic mass is 16.6. The lowest BCUT2D eigenvalue weighted by Gasteiger charge is -2.19. The number of hydrogen-bond donors (Lipinski definition) is 0. The third kappa shape index (κ3) is 5.03. The number of nitro benzene ring substituents is 1. The van der Waals surface area contributed by atoms with E-state index in [0.717, 1.165) is 5.56 Å². The first kappa shape index (κ1) is 22.1. The van der Waals surface area contributed by atoms with E-state index in [4.69, 9.17) is 13.9 Å². The highest BCUT2D eigenvalue weighted by molar-refractivity contribution is 5.79. The number of nitrogens with zero attached hydrogens (tertiary/aromatic N) is 1. The summed E-state index contributed by atoms with van der Waals surface area (Å²) in [5, 5.41) is 11.1. The van der Waals surface area contributed by atoms with Crippen LogP contribution in [0.2, 0.25) is 0 Å². The summed E-state index contributed by atoms with van der Waals surface area (Å²) in [7, 11) is 0. The Morgan fingerprint density at radius 3 is 2.24 bits per heavy atom. The van der Waals surface area contributed by atoms with Gasteiger partial charge in [0.15, 0.2) is 0 Å². The van der Waals surface area contributed by atoms with Crippen molar-refractivity contribution < 1.29 is 18.8 Å². The summed E-state index contributed by atoms with van der Waals surface area (Å²) in [4.78, 5) is 23.2. The number of rotatable bonds is 6. The van der Waals surface area contributed by atoms with E-state index in [9.17, 15) is 14.9 Å². The molecule has 1 aromatic heterocycles. The van der Waals surface area contributed by atoms with Gasteiger partial charge in [-0.15, -0.1) is 0 Å². The minimum Gasteiger partial charge on any atom is -0.489 e. The van der Waals surface area contributed by atoms with Gasteiger partial charge in [0, 0.05) is 18.2 Å². The highest BCUT2D eigenvalue weighted by Crippen LogP contribution is 2.27. The summed E-state index contributed by atoms with van der Waals surface area (Å²) in [5.41, 5.74) is 2.09. The van der Waals surface area contributed by atoms with E-state index in [1.165, 1.54) is 24.0 Å². The van der Waals surface area contributed by atoms with Crippen LogP contribution < -0.4 is 14.9 Å². The van der Waals surface area contributed by atoms with Gasteiger partial charge in [0.05, 0.1) is 10.3 Å². The van der Waals surface area contributed by atoms with Crippen molar-refractivity contribution in [3.8, 4) is 17.2 Å². The van der Waals surface area contributed by atoms with E-state index >= 15 is 0 Å². The number of nitro groups is 1. The standard InChI is InChI=1S/C26H23NO6/c1-26(2,3)18-6-10-20(11-7-18)33-24-16-32-23-14-21(12-13-22(23)25(24)28)31-15-17-4-8-19(9-5-17)27(29)30/h4-14,16H,15H2,1-3H3. The van der Waals surface area contributed by atoms with Crippen LogP contribution in [0.3, 0.4) is 0 Å². The Labute approximate surface area is 190 Å². The Hall–Kier alpha value is -4.13. The molecule has 0 spiro atoms. The second-order valence-electron chi connectivity index (χ2n) is 8.68. The molecule has 0 fully saturated rings. The maximum atomic E-state index is 12.9. The van der Waals surface area contributed by atoms with Crippen LogP contribution in [0.5, 0.6) is 17.2 Å². The SMILES string of the molecule is CC(C)(C)c1ccc(Oc2coc3cc(OCc4ccc([N+](=O)[O-])cc4)ccc3c2=O)cc1. The van der Waals surface area contributed by atoms with Crippen molar-refractivity contribution >= 4 is 16.7 Å². The summed E-state index contributed by atoms with van der Waals surface area (Å²) in [6, 6.07) is 18.7. The zero-order valence-electron chi connectivity index (χ0n) is 18.5. The molecular formula is C26H23NO6. The second kappa shape index (κ2) is 8.78. The molecule has 4 rings (SSSR count). The summed E-state index contributed by atoms with van der Waals surface area (Å²) >= 11 is 0. The Bertz CT molecular complexity index is 1350. The fourth-order valence-corrected chi connectivity index (χ4v) is 3.28. The summed E-state index contributed by atoms with van der Waals surface area (Å²) in [6.45, 7) is 6.61. The van der Waals surface area contributed by atoms with Crippen LogP contribution >= 0.6 is 0 Å². The first-order chi connectivity index (χ1) is 15.7. The second-order valence-corrected chi connectivity index (χ2v) is 8.68. The lowest BCUT2D eigenvalue weighted by atomic mass is 9.87. The van der Waals surface area contributed by atoms with Gasteiger partial charge < -0.3 is 13.9 Å². The van der Waals surface area contributed by atoms with Gasteiger partial charge in [0.25, 0.3) is 5.69 Å². The molecule has 0 amide bonds. The van der Waals surface area contributed by atoms with Crippen molar-refractivity contribution in [1.82, 2.24) is 0 Å². The fraction of sp³-hybridized carbons (Fsp3) is 0.192. The summed E-state index contributed by atoms with van der Waals surface area (Å²) in [5.74, 6) is 1.17. The number of hydrogen-bond acceptors (Lipinski definition) is 6. The van der Waals surface area contributed by atoms with Crippen molar-refractivity contribution in [2.75, 3.05) is 0 Å². The van der Waals surface area contributed by atoms with Gasteiger partial charge in [-0.25, -0.2) is 0 Å². The van der Waals surface area contributed by atoms with Crippen LogP contribution in [-0.2, 0) is 12.0 Å². The molecule has 0 aliphatic rings. The Kier molecular flexibility index (Phi) is 5.87. The third-order valence-corrected chi connectivity index (χ3v) is 5.22. The molecule has 0 aliphatic heterocycles. The van der Waals surface area contributed by atoms with E-state index in [2.05, 4.69) is 20.8 Å². The number of ether oxygens (including phenoxy) is 2. The zero-order valence-corrected chi connectivity index (χ0v) is 18.5. The smallest absolute Gasteiger partial charge is 0.269 e. The molecular weight excluding hydrogens is 422 g/mol. The van der Waals surface area contributed by atoms with Crippen molar-refractivity contribution in [1.29, 1.82) is 0 Å². The lowest BCUT2D eigenvalue weighted by molar-refractivity contribution is -0.384. The molecule has 0 N–H and O–H groups in total. The van der Waals surface area contributed by atoms with Crippen molar-refractivity contribution in [2.24, 2.45) is 0 Å². The van der Waals surface area contributed by atoms with Crippen LogP contribution in [-0.4, -0.2) is 4.92 Å². The van der Waals surface area contributed by atoms with Gasteiger partial charge in [-0.1, -0.05) is 32.9 Å². The van der Waals surface area contributed by atoms with Crippen LogP contribution in [0.1, 0.15) is 31.9 Å². The van der Waals surface area contributed by atoms with Crippen LogP contribution in [0, 0.1) is 10.1 Å². The van der Waals surface area contributed by atoms with Gasteiger partial charge in [0.2, 0.25) is 11.2 Å². The molecule has 0 atom stereocenters. The Morgan fingerprint density at radius 1 is 0.939 bits per heavy atom.